The molecule has 0 amide bonds. The molecule has 0 atom stereocenters. The molecule has 6 nitrogen and oxygen atoms in total. The van der Waals surface area contributed by atoms with Crippen LogP contribution in [0.3, 0.4) is 0 Å². The van der Waals surface area contributed by atoms with Crippen molar-refractivity contribution >= 4 is 37.1 Å². The van der Waals surface area contributed by atoms with Gasteiger partial charge in [-0.2, -0.15) is 49.2 Å². The van der Waals surface area contributed by atoms with Gasteiger partial charge in [-0.25, -0.2) is 0 Å². The summed E-state index contributed by atoms with van der Waals surface area (Å²) in [5.74, 6) is 0. The van der Waals surface area contributed by atoms with Crippen molar-refractivity contribution in [1.82, 2.24) is 0 Å². The number of rotatable bonds is 12. The smallest absolute Gasteiger partial charge is 0.343 e. The number of unbranched alkanes of at least 4 members (excludes halogenated alkanes) is 12. The van der Waals surface area contributed by atoms with Gasteiger partial charge in [0.2, 0.25) is 0 Å². The molecule has 209 valence electrons. The molecular weight excluding hydrogens is 606 g/mol. The van der Waals surface area contributed by atoms with Crippen molar-refractivity contribution in [3.63, 3.8) is 0 Å². The molecule has 0 spiro atoms. The Morgan fingerprint density at radius 1 is 0.571 bits per heavy atom. The van der Waals surface area contributed by atoms with E-state index in [1.807, 2.05) is 30.3 Å². The topological polar surface area (TPSA) is 121 Å². The Hall–Kier alpha value is 0.968. The van der Waals surface area contributed by atoms with Crippen LogP contribution in [0, 0.1) is 19.9 Å². The van der Waals surface area contributed by atoms with Gasteiger partial charge in [0.25, 0.3) is 0 Å². The summed E-state index contributed by atoms with van der Waals surface area (Å²) in [6.45, 7) is 4.50. The van der Waals surface area contributed by atoms with E-state index in [4.69, 9.17) is 29.4 Å². The predicted molar refractivity (Wildman–Crippen MR) is 154 cm³/mol. The van der Waals surface area contributed by atoms with Crippen LogP contribution in [-0.4, -0.2) is 29.4 Å². The molecule has 1 aromatic rings. The van der Waals surface area contributed by atoms with Gasteiger partial charge in [-0.1, -0.05) is 90.9 Å². The van der Waals surface area contributed by atoms with Crippen LogP contribution in [0.2, 0.25) is 0 Å². The second-order valence-corrected chi connectivity index (χ2v) is 12.3. The Morgan fingerprint density at radius 3 is 1.00 bits per heavy atom. The molecule has 6 N–H and O–H groups in total. The average molecular weight is 656 g/mol. The maximum atomic E-state index is 7.56. The fraction of sp³-hybridized carbons (Fsp3) is 0.667. The van der Waals surface area contributed by atoms with Crippen LogP contribution in [0.1, 0.15) is 104 Å². The average Bonchev–Trinajstić information content (AvgIpc) is 2.74. The third-order valence-corrected chi connectivity index (χ3v) is 3.81. The summed E-state index contributed by atoms with van der Waals surface area (Å²) < 4.78 is 0. The molecule has 0 saturated heterocycles. The maximum Gasteiger partial charge on any atom is 3.00 e. The summed E-state index contributed by atoms with van der Waals surface area (Å²) in [6.07, 6.45) is 18.9. The van der Waals surface area contributed by atoms with E-state index in [2.05, 4.69) is 57.4 Å². The molecule has 35 heavy (non-hydrogen) atoms. The fourth-order valence-corrected chi connectivity index (χ4v) is 2.26. The summed E-state index contributed by atoms with van der Waals surface area (Å²) in [5.41, 5.74) is 0. The van der Waals surface area contributed by atoms with Gasteiger partial charge in [0, 0.05) is 0 Å². The molecule has 0 heterocycles. The number of benzene rings is 1. The monoisotopic (exact) mass is 657 g/mol. The van der Waals surface area contributed by atoms with Crippen LogP contribution in [-0.2, 0) is 44.7 Å². The Labute approximate surface area is 240 Å². The first-order chi connectivity index (χ1) is 15.8. The van der Waals surface area contributed by atoms with Crippen molar-refractivity contribution in [1.29, 1.82) is 0 Å². The molecule has 1 rings (SSSR count). The first-order valence-electron chi connectivity index (χ1n) is 11.9. The minimum atomic E-state index is -3.81. The summed E-state index contributed by atoms with van der Waals surface area (Å²) in [6, 6.07) is 12.5. The van der Waals surface area contributed by atoms with E-state index in [0.29, 0.717) is 0 Å². The molecule has 0 aromatic heterocycles. The van der Waals surface area contributed by atoms with E-state index in [1.54, 1.807) is 0 Å². The van der Waals surface area contributed by atoms with Gasteiger partial charge in [-0.3, -0.25) is 0 Å². The van der Waals surface area contributed by atoms with Crippen molar-refractivity contribution < 1.29 is 50.4 Å². The third-order valence-electron chi connectivity index (χ3n) is 3.81. The molecular formula is C24H49MoO6P2S2. The van der Waals surface area contributed by atoms with Gasteiger partial charge in [0.1, 0.15) is 0 Å². The Kier molecular flexibility index (Phi) is 48.6. The second kappa shape index (κ2) is 37.1. The predicted octanol–water partition coefficient (Wildman–Crippen LogP) is 7.00. The molecule has 1 radical (unpaired) electrons. The van der Waals surface area contributed by atoms with Gasteiger partial charge in [0.05, 0.1) is 0 Å². The molecule has 11 heteroatoms. The first kappa shape index (κ1) is 45.9. The normalized spacial score (nSPS) is 9.89. The third kappa shape index (κ3) is 106. The van der Waals surface area contributed by atoms with Gasteiger partial charge in [-0.05, 0) is 23.6 Å². The minimum Gasteiger partial charge on any atom is -0.343 e. The number of hydrogen-bond donors (Lipinski definition) is 6. The van der Waals surface area contributed by atoms with Crippen LogP contribution < -0.4 is 0 Å². The van der Waals surface area contributed by atoms with E-state index in [1.165, 1.54) is 77.0 Å². The van der Waals surface area contributed by atoms with Crippen LogP contribution in [0.15, 0.2) is 30.3 Å². The van der Waals surface area contributed by atoms with E-state index < -0.39 is 13.4 Å². The minimum absolute atomic E-state index is 0. The second-order valence-electron chi connectivity index (χ2n) is 7.35. The quantitative estimate of drug-likeness (QED) is 0.0617. The molecule has 0 unspecified atom stereocenters. The molecule has 0 bridgehead atoms. The largest absolute Gasteiger partial charge is 3.00 e. The zero-order valence-corrected chi connectivity index (χ0v) is 26.9. The molecule has 0 fully saturated rings. The summed E-state index contributed by atoms with van der Waals surface area (Å²) >= 11 is 7.21. The SMILES string of the molecule is OP(O)(O)=S.OP(O)(O)=S.[CH2-]CCCCCCCC.[CH2-]CCCCCCCC.[Mo+3].[c-]1ccccc1. The molecule has 0 aliphatic heterocycles. The first-order valence-corrected chi connectivity index (χ1v) is 17.2. The zero-order chi connectivity index (χ0) is 27.1. The van der Waals surface area contributed by atoms with E-state index in [9.17, 15) is 0 Å². The van der Waals surface area contributed by atoms with Gasteiger partial charge < -0.3 is 43.2 Å². The maximum absolute atomic E-state index is 7.56. The Balaban J connectivity index is -0.000000109. The standard InChI is InChI=1S/2C9H19.C6H5.Mo.2H3O3PS/c2*1-3-5-7-9-8-6-4-2;1-2-4-6-5-3-1;;2*1-4(2,3)5/h2*1,3-9H2,2H3;1-5H;;2*(H3,1,2,3,5)/q3*-1;+3;;. The van der Waals surface area contributed by atoms with Crippen LogP contribution in [0.5, 0.6) is 0 Å². The number of hydrogen-bond acceptors (Lipinski definition) is 2. The van der Waals surface area contributed by atoms with Crippen molar-refractivity contribution in [2.24, 2.45) is 0 Å². The summed E-state index contributed by atoms with van der Waals surface area (Å²) in [4.78, 5) is 45.3. The van der Waals surface area contributed by atoms with Crippen LogP contribution >= 0.6 is 13.4 Å². The summed E-state index contributed by atoms with van der Waals surface area (Å²) in [5, 5.41) is 0. The van der Waals surface area contributed by atoms with Crippen molar-refractivity contribution in [3.8, 4) is 0 Å². The summed E-state index contributed by atoms with van der Waals surface area (Å²) in [7, 11) is 0. The fourth-order valence-electron chi connectivity index (χ4n) is 2.26. The van der Waals surface area contributed by atoms with E-state index in [0.717, 1.165) is 12.8 Å². The van der Waals surface area contributed by atoms with Gasteiger partial charge in [0.15, 0.2) is 0 Å². The molecule has 0 saturated carbocycles. The van der Waals surface area contributed by atoms with E-state index in [-0.39, 0.29) is 21.1 Å². The van der Waals surface area contributed by atoms with Crippen molar-refractivity contribution in [2.75, 3.05) is 0 Å². The van der Waals surface area contributed by atoms with E-state index >= 15 is 0 Å². The van der Waals surface area contributed by atoms with Crippen molar-refractivity contribution in [2.45, 2.75) is 104 Å². The Morgan fingerprint density at radius 2 is 0.829 bits per heavy atom. The molecule has 0 aliphatic rings. The zero-order valence-electron chi connectivity index (χ0n) is 21.5. The van der Waals surface area contributed by atoms with Crippen molar-refractivity contribution in [3.05, 3.63) is 50.2 Å². The van der Waals surface area contributed by atoms with Crippen LogP contribution in [0.25, 0.3) is 0 Å². The van der Waals surface area contributed by atoms with Crippen LogP contribution in [0.4, 0.5) is 0 Å². The van der Waals surface area contributed by atoms with Gasteiger partial charge in [-0.15, -0.1) is 0 Å². The Bertz CT molecular complexity index is 471. The molecule has 0 aliphatic carbocycles. The van der Waals surface area contributed by atoms with Gasteiger partial charge >= 0.3 is 34.5 Å². The molecule has 1 aromatic carbocycles.